The summed E-state index contributed by atoms with van der Waals surface area (Å²) in [6.45, 7) is 7.03. The lowest BCUT2D eigenvalue weighted by molar-refractivity contribution is 0.0860. The summed E-state index contributed by atoms with van der Waals surface area (Å²) in [5.41, 5.74) is 0. The van der Waals surface area contributed by atoms with E-state index in [-0.39, 0.29) is 24.8 Å². The molecule has 0 bridgehead atoms. The van der Waals surface area contributed by atoms with E-state index in [4.69, 9.17) is 0 Å². The van der Waals surface area contributed by atoms with Gasteiger partial charge < -0.3 is 5.32 Å². The molecule has 2 heterocycles. The second-order valence-corrected chi connectivity index (χ2v) is 6.78. The Morgan fingerprint density at radius 1 is 1.25 bits per heavy atom. The fraction of sp³-hybridized carbons (Fsp3) is 0.733. The number of hydrogen-bond acceptors (Lipinski definition) is 3. The molecule has 0 aromatic carbocycles. The monoisotopic (exact) mass is 336 g/mol. The zero-order chi connectivity index (χ0) is 12.4. The van der Waals surface area contributed by atoms with Gasteiger partial charge in [0.2, 0.25) is 0 Å². The quantitative estimate of drug-likeness (QED) is 0.896. The van der Waals surface area contributed by atoms with Crippen LogP contribution in [0.4, 0.5) is 0 Å². The minimum atomic E-state index is 0. The van der Waals surface area contributed by atoms with Gasteiger partial charge in [-0.05, 0) is 37.3 Å². The summed E-state index contributed by atoms with van der Waals surface area (Å²) >= 11 is 2.05. The van der Waals surface area contributed by atoms with Gasteiger partial charge in [-0.1, -0.05) is 13.3 Å². The number of rotatable bonds is 4. The lowest BCUT2D eigenvalue weighted by atomic mass is 9.78. The first-order valence-corrected chi connectivity index (χ1v) is 8.23. The van der Waals surface area contributed by atoms with Crippen molar-refractivity contribution in [1.82, 2.24) is 10.2 Å². The van der Waals surface area contributed by atoms with Crippen molar-refractivity contribution in [2.45, 2.75) is 38.6 Å². The highest BCUT2D eigenvalue weighted by molar-refractivity contribution is 7.12. The molecule has 2 fully saturated rings. The third-order valence-corrected chi connectivity index (χ3v) is 5.76. The van der Waals surface area contributed by atoms with Crippen LogP contribution in [0.2, 0.25) is 0 Å². The van der Waals surface area contributed by atoms with Crippen LogP contribution in [0.1, 0.15) is 42.0 Å². The predicted molar refractivity (Wildman–Crippen MR) is 92.7 cm³/mol. The van der Waals surface area contributed by atoms with E-state index in [0.29, 0.717) is 6.04 Å². The van der Waals surface area contributed by atoms with Crippen molar-refractivity contribution in [1.29, 1.82) is 0 Å². The van der Waals surface area contributed by atoms with Crippen LogP contribution in [-0.4, -0.2) is 31.1 Å². The average molecular weight is 337 g/mol. The second kappa shape index (κ2) is 8.60. The first-order chi connectivity index (χ1) is 8.88. The minimum Gasteiger partial charge on any atom is -0.314 e. The first-order valence-electron chi connectivity index (χ1n) is 7.42. The van der Waals surface area contributed by atoms with Gasteiger partial charge in [-0.15, -0.1) is 36.2 Å². The molecule has 2 aliphatic rings. The van der Waals surface area contributed by atoms with E-state index >= 15 is 0 Å². The Morgan fingerprint density at radius 3 is 2.45 bits per heavy atom. The minimum absolute atomic E-state index is 0. The summed E-state index contributed by atoms with van der Waals surface area (Å²) in [5, 5.41) is 3.47. The molecule has 5 heteroatoms. The Kier molecular flexibility index (Phi) is 7.84. The van der Waals surface area contributed by atoms with Crippen molar-refractivity contribution >= 4 is 36.2 Å². The molecule has 20 heavy (non-hydrogen) atoms. The third kappa shape index (κ3) is 3.89. The SMILES string of the molecule is CCc1ccc([C@H](C2CCC2)N2CCNCC2)s1.Cl.Cl. The fourth-order valence-electron chi connectivity index (χ4n) is 3.17. The number of piperazine rings is 1. The molecule has 0 spiro atoms. The Bertz CT molecular complexity index is 387. The van der Waals surface area contributed by atoms with Gasteiger partial charge in [0, 0.05) is 42.0 Å². The maximum Gasteiger partial charge on any atom is 0.0470 e. The standard InChI is InChI=1S/C15H24N2S.2ClH/c1-2-13-6-7-14(18-13)15(12-4-3-5-12)17-10-8-16-9-11-17;;/h6-7,12,15-16H,2-5,8-11H2,1H3;2*1H/t15-;;/m0../s1. The summed E-state index contributed by atoms with van der Waals surface area (Å²) in [6.07, 6.45) is 5.50. The molecule has 0 unspecified atom stereocenters. The number of aryl methyl sites for hydroxylation is 1. The van der Waals surface area contributed by atoms with Crippen molar-refractivity contribution in [2.24, 2.45) is 5.92 Å². The third-order valence-electron chi connectivity index (χ3n) is 4.46. The molecule has 1 N–H and O–H groups in total. The van der Waals surface area contributed by atoms with Crippen molar-refractivity contribution in [2.75, 3.05) is 26.2 Å². The largest absolute Gasteiger partial charge is 0.314 e. The van der Waals surface area contributed by atoms with Gasteiger partial charge in [-0.3, -0.25) is 4.90 Å². The highest BCUT2D eigenvalue weighted by Gasteiger charge is 2.34. The molecule has 2 nitrogen and oxygen atoms in total. The van der Waals surface area contributed by atoms with Gasteiger partial charge in [0.1, 0.15) is 0 Å². The fourth-order valence-corrected chi connectivity index (χ4v) is 4.35. The van der Waals surface area contributed by atoms with Gasteiger partial charge >= 0.3 is 0 Å². The van der Waals surface area contributed by atoms with E-state index in [2.05, 4.69) is 40.6 Å². The number of thiophene rings is 1. The molecule has 3 rings (SSSR count). The van der Waals surface area contributed by atoms with Gasteiger partial charge in [0.15, 0.2) is 0 Å². The molecule has 0 radical (unpaired) electrons. The summed E-state index contributed by atoms with van der Waals surface area (Å²) in [6, 6.07) is 5.45. The van der Waals surface area contributed by atoms with Crippen LogP contribution in [0, 0.1) is 5.92 Å². The van der Waals surface area contributed by atoms with Gasteiger partial charge in [-0.25, -0.2) is 0 Å². The topological polar surface area (TPSA) is 15.3 Å². The Hall–Kier alpha value is 0.200. The average Bonchev–Trinajstić information content (AvgIpc) is 2.83. The predicted octanol–water partition coefficient (Wildman–Crippen LogP) is 3.90. The lowest BCUT2D eigenvalue weighted by Gasteiger charge is -2.42. The van der Waals surface area contributed by atoms with E-state index in [0.717, 1.165) is 19.0 Å². The van der Waals surface area contributed by atoms with Crippen molar-refractivity contribution in [3.63, 3.8) is 0 Å². The maximum atomic E-state index is 3.47. The second-order valence-electron chi connectivity index (χ2n) is 5.58. The lowest BCUT2D eigenvalue weighted by Crippen LogP contribution is -2.47. The number of hydrogen-bond donors (Lipinski definition) is 1. The molecule has 1 aliphatic heterocycles. The molecule has 1 aromatic rings. The number of nitrogens with zero attached hydrogens (tertiary/aromatic N) is 1. The summed E-state index contributed by atoms with van der Waals surface area (Å²) in [4.78, 5) is 5.90. The molecular weight excluding hydrogens is 311 g/mol. The van der Waals surface area contributed by atoms with E-state index in [1.807, 2.05) is 0 Å². The van der Waals surface area contributed by atoms with Crippen molar-refractivity contribution in [3.05, 3.63) is 21.9 Å². The summed E-state index contributed by atoms with van der Waals surface area (Å²) in [5.74, 6) is 0.923. The van der Waals surface area contributed by atoms with E-state index < -0.39 is 0 Å². The van der Waals surface area contributed by atoms with Gasteiger partial charge in [0.25, 0.3) is 0 Å². The van der Waals surface area contributed by atoms with Crippen molar-refractivity contribution in [3.8, 4) is 0 Å². The van der Waals surface area contributed by atoms with Crippen LogP contribution < -0.4 is 5.32 Å². The van der Waals surface area contributed by atoms with E-state index in [1.165, 1.54) is 38.8 Å². The normalized spacial score (nSPS) is 21.4. The Morgan fingerprint density at radius 2 is 1.95 bits per heavy atom. The summed E-state index contributed by atoms with van der Waals surface area (Å²) in [7, 11) is 0. The van der Waals surface area contributed by atoms with Crippen LogP contribution in [0.5, 0.6) is 0 Å². The summed E-state index contributed by atoms with van der Waals surface area (Å²) < 4.78 is 0. The highest BCUT2D eigenvalue weighted by Crippen LogP contribution is 2.43. The van der Waals surface area contributed by atoms with Gasteiger partial charge in [0.05, 0.1) is 0 Å². The zero-order valence-electron chi connectivity index (χ0n) is 12.1. The molecule has 116 valence electrons. The zero-order valence-corrected chi connectivity index (χ0v) is 14.6. The highest BCUT2D eigenvalue weighted by atomic mass is 35.5. The van der Waals surface area contributed by atoms with E-state index in [9.17, 15) is 0 Å². The first kappa shape index (κ1) is 18.2. The van der Waals surface area contributed by atoms with Crippen LogP contribution in [0.25, 0.3) is 0 Å². The molecule has 0 amide bonds. The van der Waals surface area contributed by atoms with Crippen LogP contribution in [0.3, 0.4) is 0 Å². The number of halogens is 2. The Labute approximate surface area is 139 Å². The molecule has 1 aromatic heterocycles. The Balaban J connectivity index is 0.000001000. The van der Waals surface area contributed by atoms with Crippen molar-refractivity contribution < 1.29 is 0 Å². The van der Waals surface area contributed by atoms with Gasteiger partial charge in [-0.2, -0.15) is 0 Å². The van der Waals surface area contributed by atoms with Crippen LogP contribution in [-0.2, 0) is 6.42 Å². The number of nitrogens with one attached hydrogen (secondary N) is 1. The molecule has 1 atom stereocenters. The smallest absolute Gasteiger partial charge is 0.0470 e. The molecule has 1 saturated carbocycles. The van der Waals surface area contributed by atoms with Crippen LogP contribution in [0.15, 0.2) is 12.1 Å². The molecular formula is C15H26Cl2N2S. The maximum absolute atomic E-state index is 3.47. The molecule has 1 saturated heterocycles. The molecule has 1 aliphatic carbocycles. The van der Waals surface area contributed by atoms with E-state index in [1.54, 1.807) is 9.75 Å². The van der Waals surface area contributed by atoms with Crippen LogP contribution >= 0.6 is 36.2 Å².